The van der Waals surface area contributed by atoms with Gasteiger partial charge in [0.1, 0.15) is 23.9 Å². The van der Waals surface area contributed by atoms with E-state index >= 15 is 0 Å². The molecule has 2 heterocycles. The molecule has 24 heavy (non-hydrogen) atoms. The summed E-state index contributed by atoms with van der Waals surface area (Å²) in [6, 6.07) is 9.00. The highest BCUT2D eigenvalue weighted by molar-refractivity contribution is 5.89. The van der Waals surface area contributed by atoms with E-state index in [-0.39, 0.29) is 24.3 Å². The molecule has 6 heteroatoms. The number of hydrogen-bond donors (Lipinski definition) is 0. The predicted octanol–water partition coefficient (Wildman–Crippen LogP) is 2.27. The van der Waals surface area contributed by atoms with Crippen molar-refractivity contribution in [3.05, 3.63) is 35.9 Å². The second kappa shape index (κ2) is 5.52. The van der Waals surface area contributed by atoms with Gasteiger partial charge in [0.15, 0.2) is 12.1 Å². The molecule has 0 bridgehead atoms. The van der Waals surface area contributed by atoms with Gasteiger partial charge in [0.05, 0.1) is 5.56 Å². The monoisotopic (exact) mass is 334 g/mol. The van der Waals surface area contributed by atoms with Crippen LogP contribution in [0.15, 0.2) is 30.3 Å². The van der Waals surface area contributed by atoms with Crippen molar-refractivity contribution < 1.29 is 28.5 Å². The van der Waals surface area contributed by atoms with Gasteiger partial charge >= 0.3 is 5.97 Å². The molecule has 1 aromatic carbocycles. The van der Waals surface area contributed by atoms with Crippen LogP contribution >= 0.6 is 0 Å². The molecule has 130 valence electrons. The summed E-state index contributed by atoms with van der Waals surface area (Å²) < 4.78 is 29.0. The molecule has 6 nitrogen and oxygen atoms in total. The molecule has 0 aromatic heterocycles. The Balaban J connectivity index is 1.42. The summed E-state index contributed by atoms with van der Waals surface area (Å²) in [6.07, 6.45) is 0.0849. The van der Waals surface area contributed by atoms with Gasteiger partial charge in [0.2, 0.25) is 0 Å². The lowest BCUT2D eigenvalue weighted by molar-refractivity contribution is -0.277. The van der Waals surface area contributed by atoms with Gasteiger partial charge < -0.3 is 23.7 Å². The lowest BCUT2D eigenvalue weighted by atomic mass is 9.73. The van der Waals surface area contributed by atoms with Crippen LogP contribution in [0.1, 0.15) is 37.0 Å². The average Bonchev–Trinajstić information content (AvgIpc) is 2.99. The number of carbonyl (C=O) groups excluding carboxylic acids is 1. The molecule has 3 fully saturated rings. The molecule has 0 unspecified atom stereocenters. The maximum atomic E-state index is 12.2. The maximum absolute atomic E-state index is 12.2. The molecule has 3 atom stereocenters. The zero-order valence-corrected chi connectivity index (χ0v) is 14.1. The Morgan fingerprint density at radius 2 is 1.83 bits per heavy atom. The van der Waals surface area contributed by atoms with Gasteiger partial charge in [-0.15, -0.1) is 0 Å². The lowest BCUT2D eigenvalue weighted by Crippen LogP contribution is -2.56. The standard InChI is InChI=1S/C18H22O6/c1-17(2)22-13-14(23-17)18(24-16(13)20-3)9-12(10-18)21-15(19)11-7-5-4-6-8-11/h4-8,12-14,16H,9-10H2,1-3H3/t12-,13-,14+,16-,18-/m1/s1. The summed E-state index contributed by atoms with van der Waals surface area (Å²) in [4.78, 5) is 12.2. The molecule has 0 N–H and O–H groups in total. The van der Waals surface area contributed by atoms with Crippen LogP contribution in [0.4, 0.5) is 0 Å². The van der Waals surface area contributed by atoms with Crippen molar-refractivity contribution >= 4 is 5.97 Å². The minimum atomic E-state index is -0.658. The molecular weight excluding hydrogens is 312 g/mol. The van der Waals surface area contributed by atoms with Crippen LogP contribution in [-0.2, 0) is 23.7 Å². The summed E-state index contributed by atoms with van der Waals surface area (Å²) in [6.45, 7) is 3.77. The van der Waals surface area contributed by atoms with Crippen molar-refractivity contribution in [2.45, 2.75) is 62.7 Å². The van der Waals surface area contributed by atoms with Gasteiger partial charge in [-0.3, -0.25) is 0 Å². The van der Waals surface area contributed by atoms with E-state index < -0.39 is 17.7 Å². The van der Waals surface area contributed by atoms with E-state index in [9.17, 15) is 4.79 Å². The SMILES string of the molecule is CO[C@@H]1O[C@]2(C[C@H](OC(=O)c3ccccc3)C2)[C@H]2OC(C)(C)O[C@@H]12. The number of fused-ring (bicyclic) bond motifs is 2. The van der Waals surface area contributed by atoms with Crippen molar-refractivity contribution in [2.24, 2.45) is 0 Å². The van der Waals surface area contributed by atoms with Crippen LogP contribution in [0.2, 0.25) is 0 Å². The number of esters is 1. The van der Waals surface area contributed by atoms with Crippen molar-refractivity contribution in [3.8, 4) is 0 Å². The van der Waals surface area contributed by atoms with E-state index in [2.05, 4.69) is 0 Å². The zero-order valence-electron chi connectivity index (χ0n) is 14.1. The van der Waals surface area contributed by atoms with Crippen LogP contribution < -0.4 is 0 Å². The fourth-order valence-corrected chi connectivity index (χ4v) is 3.86. The van der Waals surface area contributed by atoms with Crippen molar-refractivity contribution in [2.75, 3.05) is 7.11 Å². The molecule has 2 aliphatic heterocycles. The average molecular weight is 334 g/mol. The molecule has 0 radical (unpaired) electrons. The van der Waals surface area contributed by atoms with Gasteiger partial charge in [-0.25, -0.2) is 4.79 Å². The molecule has 0 amide bonds. The van der Waals surface area contributed by atoms with Gasteiger partial charge in [-0.2, -0.15) is 0 Å². The molecule has 2 saturated heterocycles. The largest absolute Gasteiger partial charge is 0.459 e. The molecular formula is C18H22O6. The van der Waals surface area contributed by atoms with Crippen molar-refractivity contribution in [3.63, 3.8) is 0 Å². The highest BCUT2D eigenvalue weighted by Gasteiger charge is 2.68. The number of benzene rings is 1. The highest BCUT2D eigenvalue weighted by Crippen LogP contribution is 2.53. The molecule has 1 spiro atoms. The van der Waals surface area contributed by atoms with Crippen LogP contribution in [0.5, 0.6) is 0 Å². The number of ether oxygens (including phenoxy) is 5. The first-order valence-electron chi connectivity index (χ1n) is 8.25. The summed E-state index contributed by atoms with van der Waals surface area (Å²) in [5.41, 5.74) is 0.0563. The van der Waals surface area contributed by atoms with Gasteiger partial charge in [-0.1, -0.05) is 18.2 Å². The molecule has 4 rings (SSSR count). The first kappa shape index (κ1) is 16.0. The third-order valence-corrected chi connectivity index (χ3v) is 4.93. The third-order valence-electron chi connectivity index (χ3n) is 4.93. The Morgan fingerprint density at radius 3 is 2.50 bits per heavy atom. The van der Waals surface area contributed by atoms with Gasteiger partial charge in [-0.05, 0) is 26.0 Å². The first-order valence-corrected chi connectivity index (χ1v) is 8.25. The number of carbonyl (C=O) groups is 1. The minimum Gasteiger partial charge on any atom is -0.459 e. The normalized spacial score (nSPS) is 39.5. The third kappa shape index (κ3) is 2.54. The number of methoxy groups -OCH3 is 1. The van der Waals surface area contributed by atoms with Crippen LogP contribution in [-0.4, -0.2) is 49.1 Å². The Labute approximate surface area is 141 Å². The van der Waals surface area contributed by atoms with Crippen LogP contribution in [0.25, 0.3) is 0 Å². The fourth-order valence-electron chi connectivity index (χ4n) is 3.86. The van der Waals surface area contributed by atoms with E-state index in [1.165, 1.54) is 0 Å². The van der Waals surface area contributed by atoms with Crippen LogP contribution in [0, 0.1) is 0 Å². The summed E-state index contributed by atoms with van der Waals surface area (Å²) >= 11 is 0. The quantitative estimate of drug-likeness (QED) is 0.790. The van der Waals surface area contributed by atoms with Gasteiger partial charge in [0, 0.05) is 20.0 Å². The topological polar surface area (TPSA) is 63.2 Å². The van der Waals surface area contributed by atoms with E-state index in [4.69, 9.17) is 23.7 Å². The minimum absolute atomic E-state index is 0.179. The second-order valence-electron chi connectivity index (χ2n) is 7.11. The summed E-state index contributed by atoms with van der Waals surface area (Å²) in [5, 5.41) is 0. The highest BCUT2D eigenvalue weighted by atomic mass is 16.8. The van der Waals surface area contributed by atoms with E-state index in [1.807, 2.05) is 32.0 Å². The Morgan fingerprint density at radius 1 is 1.12 bits per heavy atom. The second-order valence-corrected chi connectivity index (χ2v) is 7.11. The van der Waals surface area contributed by atoms with E-state index in [0.717, 1.165) is 0 Å². The molecule has 1 saturated carbocycles. The molecule has 3 aliphatic rings. The van der Waals surface area contributed by atoms with Crippen molar-refractivity contribution in [1.29, 1.82) is 0 Å². The zero-order chi connectivity index (χ0) is 16.9. The maximum Gasteiger partial charge on any atom is 0.338 e. The smallest absolute Gasteiger partial charge is 0.338 e. The summed E-state index contributed by atoms with van der Waals surface area (Å²) in [5.74, 6) is -0.966. The van der Waals surface area contributed by atoms with Gasteiger partial charge in [0.25, 0.3) is 0 Å². The van der Waals surface area contributed by atoms with Crippen LogP contribution in [0.3, 0.4) is 0 Å². The summed E-state index contributed by atoms with van der Waals surface area (Å²) in [7, 11) is 1.60. The van der Waals surface area contributed by atoms with E-state index in [1.54, 1.807) is 19.2 Å². The fraction of sp³-hybridized carbons (Fsp3) is 0.611. The number of rotatable bonds is 3. The Kier molecular flexibility index (Phi) is 3.69. The Hall–Kier alpha value is -1.47. The molecule has 1 aromatic rings. The Bertz CT molecular complexity index is 622. The van der Waals surface area contributed by atoms with Crippen molar-refractivity contribution in [1.82, 2.24) is 0 Å². The van der Waals surface area contributed by atoms with E-state index in [0.29, 0.717) is 18.4 Å². The lowest BCUT2D eigenvalue weighted by Gasteiger charge is -2.46. The molecule has 1 aliphatic carbocycles. The predicted molar refractivity (Wildman–Crippen MR) is 83.3 cm³/mol. The number of hydrogen-bond acceptors (Lipinski definition) is 6. The first-order chi connectivity index (χ1) is 11.4.